The number of nitrogen functional groups attached to an aromatic ring is 1. The largest absolute Gasteiger partial charge is 0.493 e. The van der Waals surface area contributed by atoms with Crippen molar-refractivity contribution in [3.63, 3.8) is 0 Å². The van der Waals surface area contributed by atoms with Crippen molar-refractivity contribution in [1.82, 2.24) is 9.78 Å². The molecule has 0 atom stereocenters. The SMILES string of the molecule is COc1ccc(Cn2ncc(C)c2N)c(Cl)c1OC. The van der Waals surface area contributed by atoms with E-state index in [-0.39, 0.29) is 0 Å². The number of hydrogen-bond donors (Lipinski definition) is 1. The van der Waals surface area contributed by atoms with Gasteiger partial charge < -0.3 is 15.2 Å². The predicted octanol–water partition coefficient (Wildman–Crippen LogP) is 2.49. The second kappa shape index (κ2) is 5.40. The summed E-state index contributed by atoms with van der Waals surface area (Å²) in [5.41, 5.74) is 7.74. The molecule has 0 saturated heterocycles. The lowest BCUT2D eigenvalue weighted by Gasteiger charge is -2.13. The third kappa shape index (κ3) is 2.46. The monoisotopic (exact) mass is 281 g/mol. The van der Waals surface area contributed by atoms with Gasteiger partial charge in [0.25, 0.3) is 0 Å². The van der Waals surface area contributed by atoms with E-state index in [1.807, 2.05) is 19.1 Å². The van der Waals surface area contributed by atoms with Crippen LogP contribution in [-0.4, -0.2) is 24.0 Å². The van der Waals surface area contributed by atoms with Crippen LogP contribution in [0.25, 0.3) is 0 Å². The van der Waals surface area contributed by atoms with Crippen LogP contribution in [0, 0.1) is 6.92 Å². The van der Waals surface area contributed by atoms with Crippen molar-refractivity contribution in [3.8, 4) is 11.5 Å². The molecule has 2 N–H and O–H groups in total. The second-order valence-corrected chi connectivity index (χ2v) is 4.52. The Hall–Kier alpha value is -1.88. The Balaban J connectivity index is 2.38. The fourth-order valence-electron chi connectivity index (χ4n) is 1.83. The van der Waals surface area contributed by atoms with Crippen molar-refractivity contribution in [2.45, 2.75) is 13.5 Å². The van der Waals surface area contributed by atoms with Gasteiger partial charge in [-0.1, -0.05) is 17.7 Å². The minimum Gasteiger partial charge on any atom is -0.493 e. The van der Waals surface area contributed by atoms with E-state index in [4.69, 9.17) is 26.8 Å². The van der Waals surface area contributed by atoms with Crippen LogP contribution in [0.2, 0.25) is 5.02 Å². The van der Waals surface area contributed by atoms with E-state index >= 15 is 0 Å². The highest BCUT2D eigenvalue weighted by atomic mass is 35.5. The second-order valence-electron chi connectivity index (χ2n) is 4.14. The van der Waals surface area contributed by atoms with Crippen LogP contribution in [0.3, 0.4) is 0 Å². The van der Waals surface area contributed by atoms with Gasteiger partial charge in [-0.3, -0.25) is 0 Å². The molecule has 1 heterocycles. The number of rotatable bonds is 4. The number of ether oxygens (including phenoxy) is 2. The molecule has 5 nitrogen and oxygen atoms in total. The molecule has 0 fully saturated rings. The number of halogens is 1. The minimum absolute atomic E-state index is 0.485. The van der Waals surface area contributed by atoms with Crippen molar-refractivity contribution in [3.05, 3.63) is 34.5 Å². The summed E-state index contributed by atoms with van der Waals surface area (Å²) in [5.74, 6) is 1.75. The van der Waals surface area contributed by atoms with Gasteiger partial charge in [0.2, 0.25) is 0 Å². The molecule has 0 aliphatic rings. The number of hydrogen-bond acceptors (Lipinski definition) is 4. The molecule has 6 heteroatoms. The number of aryl methyl sites for hydroxylation is 1. The van der Waals surface area contributed by atoms with Gasteiger partial charge in [-0.05, 0) is 18.6 Å². The normalized spacial score (nSPS) is 10.5. The summed E-state index contributed by atoms with van der Waals surface area (Å²) in [6.07, 6.45) is 1.73. The van der Waals surface area contributed by atoms with Gasteiger partial charge >= 0.3 is 0 Å². The average molecular weight is 282 g/mol. The number of nitrogens with zero attached hydrogens (tertiary/aromatic N) is 2. The van der Waals surface area contributed by atoms with Gasteiger partial charge in [-0.2, -0.15) is 5.10 Å². The Morgan fingerprint density at radius 2 is 2.05 bits per heavy atom. The van der Waals surface area contributed by atoms with Gasteiger partial charge in [0.1, 0.15) is 5.82 Å². The quantitative estimate of drug-likeness (QED) is 0.935. The molecule has 1 aromatic carbocycles. The zero-order valence-electron chi connectivity index (χ0n) is 11.1. The zero-order chi connectivity index (χ0) is 14.0. The summed E-state index contributed by atoms with van der Waals surface area (Å²) in [7, 11) is 3.13. The number of aromatic nitrogens is 2. The summed E-state index contributed by atoms with van der Waals surface area (Å²) in [6, 6.07) is 3.69. The highest BCUT2D eigenvalue weighted by Crippen LogP contribution is 2.37. The van der Waals surface area contributed by atoms with E-state index in [1.54, 1.807) is 25.1 Å². The first-order valence-electron chi connectivity index (χ1n) is 5.75. The summed E-state index contributed by atoms with van der Waals surface area (Å²) in [6.45, 7) is 2.40. The third-order valence-corrected chi connectivity index (χ3v) is 3.37. The van der Waals surface area contributed by atoms with Gasteiger partial charge in [-0.25, -0.2) is 4.68 Å². The van der Waals surface area contributed by atoms with Crippen molar-refractivity contribution < 1.29 is 9.47 Å². The van der Waals surface area contributed by atoms with Crippen molar-refractivity contribution in [2.75, 3.05) is 20.0 Å². The molecule has 0 saturated carbocycles. The van der Waals surface area contributed by atoms with Crippen molar-refractivity contribution in [1.29, 1.82) is 0 Å². The van der Waals surface area contributed by atoms with Crippen molar-refractivity contribution >= 4 is 17.4 Å². The maximum Gasteiger partial charge on any atom is 0.179 e. The van der Waals surface area contributed by atoms with Crippen LogP contribution in [0.4, 0.5) is 5.82 Å². The van der Waals surface area contributed by atoms with E-state index in [1.165, 1.54) is 0 Å². The lowest BCUT2D eigenvalue weighted by Crippen LogP contribution is -2.07. The number of benzene rings is 1. The molecule has 1 aromatic heterocycles. The highest BCUT2D eigenvalue weighted by molar-refractivity contribution is 6.33. The topological polar surface area (TPSA) is 62.3 Å². The molecule has 19 heavy (non-hydrogen) atoms. The standard InChI is InChI=1S/C13H16ClN3O2/c1-8-6-16-17(13(8)15)7-9-4-5-10(18-2)12(19-3)11(9)14/h4-6H,7,15H2,1-3H3. The molecule has 2 rings (SSSR count). The predicted molar refractivity (Wildman–Crippen MR) is 75.0 cm³/mol. The van der Waals surface area contributed by atoms with Crippen molar-refractivity contribution in [2.24, 2.45) is 0 Å². The molecule has 0 aliphatic carbocycles. The van der Waals surface area contributed by atoms with Crippen LogP contribution in [0.1, 0.15) is 11.1 Å². The van der Waals surface area contributed by atoms with E-state index in [9.17, 15) is 0 Å². The highest BCUT2D eigenvalue weighted by Gasteiger charge is 2.14. The summed E-state index contributed by atoms with van der Waals surface area (Å²) >= 11 is 6.31. The van der Waals surface area contributed by atoms with Crippen LogP contribution in [0.5, 0.6) is 11.5 Å². The molecule has 0 amide bonds. The van der Waals surface area contributed by atoms with Gasteiger partial charge in [0.05, 0.1) is 32.0 Å². The molecule has 0 aliphatic heterocycles. The molecular weight excluding hydrogens is 266 g/mol. The van der Waals surface area contributed by atoms with Gasteiger partial charge in [0, 0.05) is 5.56 Å². The van der Waals surface area contributed by atoms with E-state index in [0.717, 1.165) is 11.1 Å². The van der Waals surface area contributed by atoms with Crippen LogP contribution < -0.4 is 15.2 Å². The molecule has 2 aromatic rings. The number of methoxy groups -OCH3 is 2. The lowest BCUT2D eigenvalue weighted by molar-refractivity contribution is 0.354. The molecule has 0 bridgehead atoms. The average Bonchev–Trinajstić information content (AvgIpc) is 2.72. The molecular formula is C13H16ClN3O2. The molecule has 102 valence electrons. The maximum absolute atomic E-state index is 6.31. The number of anilines is 1. The lowest BCUT2D eigenvalue weighted by atomic mass is 10.2. The molecule has 0 spiro atoms. The molecule has 0 unspecified atom stereocenters. The summed E-state index contributed by atoms with van der Waals surface area (Å²) in [4.78, 5) is 0. The van der Waals surface area contributed by atoms with Crippen LogP contribution in [0.15, 0.2) is 18.3 Å². The van der Waals surface area contributed by atoms with Crippen LogP contribution >= 0.6 is 11.6 Å². The zero-order valence-corrected chi connectivity index (χ0v) is 11.9. The maximum atomic E-state index is 6.31. The molecule has 0 radical (unpaired) electrons. The summed E-state index contributed by atoms with van der Waals surface area (Å²) in [5, 5.41) is 4.72. The van der Waals surface area contributed by atoms with Gasteiger partial charge in [-0.15, -0.1) is 0 Å². The Morgan fingerprint density at radius 1 is 1.32 bits per heavy atom. The van der Waals surface area contributed by atoms with Gasteiger partial charge in [0.15, 0.2) is 11.5 Å². The Kier molecular flexibility index (Phi) is 3.85. The Labute approximate surface area is 116 Å². The van der Waals surface area contributed by atoms with E-state index in [0.29, 0.717) is 28.9 Å². The first-order valence-corrected chi connectivity index (χ1v) is 6.13. The smallest absolute Gasteiger partial charge is 0.179 e. The van der Waals surface area contributed by atoms with Crippen LogP contribution in [-0.2, 0) is 6.54 Å². The first kappa shape index (κ1) is 13.5. The number of nitrogens with two attached hydrogens (primary N) is 1. The van der Waals surface area contributed by atoms with E-state index in [2.05, 4.69) is 5.10 Å². The minimum atomic E-state index is 0.485. The Bertz CT molecular complexity index is 596. The first-order chi connectivity index (χ1) is 9.08. The fourth-order valence-corrected chi connectivity index (χ4v) is 2.12. The fraction of sp³-hybridized carbons (Fsp3) is 0.308. The summed E-state index contributed by atoms with van der Waals surface area (Å²) < 4.78 is 12.2. The Morgan fingerprint density at radius 3 is 2.58 bits per heavy atom. The third-order valence-electron chi connectivity index (χ3n) is 2.96. The van der Waals surface area contributed by atoms with E-state index < -0.39 is 0 Å².